The van der Waals surface area contributed by atoms with Crippen LogP contribution in [0.3, 0.4) is 0 Å². The standard InChI is InChI=1S/C15H22FN3O2/c1-18(2)9-10-3-5-19(6-4-10)14-8-12(16)11(15(20)21)7-13(14)17/h7-8,10H,3-6,9,17H2,1-2H3,(H,20,21). The fraction of sp³-hybridized carbons (Fsp3) is 0.533. The van der Waals surface area contributed by atoms with Crippen molar-refractivity contribution in [1.82, 2.24) is 4.90 Å². The van der Waals surface area contributed by atoms with E-state index in [-0.39, 0.29) is 5.56 Å². The average molecular weight is 295 g/mol. The van der Waals surface area contributed by atoms with Crippen molar-refractivity contribution in [2.45, 2.75) is 12.8 Å². The second-order valence-electron chi connectivity index (χ2n) is 5.89. The number of carboxylic acid groups (broad SMARTS) is 1. The third-order valence-corrected chi connectivity index (χ3v) is 3.93. The van der Waals surface area contributed by atoms with Crippen LogP contribution < -0.4 is 10.6 Å². The highest BCUT2D eigenvalue weighted by molar-refractivity contribution is 5.91. The number of aromatic carboxylic acids is 1. The number of anilines is 2. The predicted molar refractivity (Wildman–Crippen MR) is 81.3 cm³/mol. The van der Waals surface area contributed by atoms with Gasteiger partial charge in [-0.2, -0.15) is 0 Å². The number of nitrogens with zero attached hydrogens (tertiary/aromatic N) is 2. The zero-order valence-electron chi connectivity index (χ0n) is 12.5. The van der Waals surface area contributed by atoms with Crippen LogP contribution in [0, 0.1) is 11.7 Å². The summed E-state index contributed by atoms with van der Waals surface area (Å²) in [5, 5.41) is 8.90. The topological polar surface area (TPSA) is 69.8 Å². The summed E-state index contributed by atoms with van der Waals surface area (Å²) in [5.41, 5.74) is 6.44. The molecule has 3 N–H and O–H groups in total. The summed E-state index contributed by atoms with van der Waals surface area (Å²) in [6, 6.07) is 2.45. The summed E-state index contributed by atoms with van der Waals surface area (Å²) in [4.78, 5) is 15.1. The van der Waals surface area contributed by atoms with Gasteiger partial charge < -0.3 is 20.6 Å². The van der Waals surface area contributed by atoms with Gasteiger partial charge in [0.25, 0.3) is 0 Å². The van der Waals surface area contributed by atoms with Crippen LogP contribution in [-0.4, -0.2) is 49.7 Å². The SMILES string of the molecule is CN(C)CC1CCN(c2cc(F)c(C(=O)O)cc2N)CC1. The molecule has 0 aliphatic carbocycles. The van der Waals surface area contributed by atoms with Crippen molar-refractivity contribution < 1.29 is 14.3 Å². The van der Waals surface area contributed by atoms with Crippen molar-refractivity contribution in [1.29, 1.82) is 0 Å². The van der Waals surface area contributed by atoms with Crippen LogP contribution in [0.15, 0.2) is 12.1 Å². The van der Waals surface area contributed by atoms with Crippen LogP contribution in [-0.2, 0) is 0 Å². The normalized spacial score (nSPS) is 16.5. The summed E-state index contributed by atoms with van der Waals surface area (Å²) < 4.78 is 13.8. The molecule has 2 rings (SSSR count). The summed E-state index contributed by atoms with van der Waals surface area (Å²) in [7, 11) is 4.12. The molecule has 1 fully saturated rings. The lowest BCUT2D eigenvalue weighted by atomic mass is 9.95. The van der Waals surface area contributed by atoms with Gasteiger partial charge in [0.15, 0.2) is 0 Å². The molecule has 1 heterocycles. The van der Waals surface area contributed by atoms with Crippen molar-refractivity contribution in [2.24, 2.45) is 5.92 Å². The van der Waals surface area contributed by atoms with E-state index in [0.717, 1.165) is 32.5 Å². The first-order chi connectivity index (χ1) is 9.88. The Morgan fingerprint density at radius 2 is 2.05 bits per heavy atom. The molecule has 0 saturated carbocycles. The van der Waals surface area contributed by atoms with E-state index >= 15 is 0 Å². The van der Waals surface area contributed by atoms with Gasteiger partial charge in [-0.3, -0.25) is 0 Å². The van der Waals surface area contributed by atoms with Crippen LogP contribution in [0.25, 0.3) is 0 Å². The number of benzene rings is 1. The van der Waals surface area contributed by atoms with Gasteiger partial charge in [0.05, 0.1) is 16.9 Å². The molecule has 0 unspecified atom stereocenters. The van der Waals surface area contributed by atoms with Crippen molar-refractivity contribution >= 4 is 17.3 Å². The van der Waals surface area contributed by atoms with Crippen molar-refractivity contribution in [2.75, 3.05) is 44.4 Å². The number of halogens is 1. The van der Waals surface area contributed by atoms with E-state index in [1.165, 1.54) is 12.1 Å². The molecule has 1 aliphatic heterocycles. The smallest absolute Gasteiger partial charge is 0.338 e. The molecular formula is C15H22FN3O2. The van der Waals surface area contributed by atoms with Gasteiger partial charge >= 0.3 is 5.97 Å². The molecule has 21 heavy (non-hydrogen) atoms. The van der Waals surface area contributed by atoms with E-state index in [1.807, 2.05) is 4.90 Å². The number of hydrogen-bond acceptors (Lipinski definition) is 4. The van der Waals surface area contributed by atoms with E-state index in [0.29, 0.717) is 17.3 Å². The lowest BCUT2D eigenvalue weighted by Gasteiger charge is -2.35. The first-order valence-corrected chi connectivity index (χ1v) is 7.10. The van der Waals surface area contributed by atoms with E-state index in [4.69, 9.17) is 10.8 Å². The third kappa shape index (κ3) is 3.64. The van der Waals surface area contributed by atoms with Crippen LogP contribution in [0.1, 0.15) is 23.2 Å². The largest absolute Gasteiger partial charge is 0.478 e. The van der Waals surface area contributed by atoms with Gasteiger partial charge in [-0.25, -0.2) is 9.18 Å². The maximum absolute atomic E-state index is 13.8. The maximum Gasteiger partial charge on any atom is 0.338 e. The van der Waals surface area contributed by atoms with Crippen LogP contribution in [0.4, 0.5) is 15.8 Å². The monoisotopic (exact) mass is 295 g/mol. The highest BCUT2D eigenvalue weighted by atomic mass is 19.1. The number of hydrogen-bond donors (Lipinski definition) is 2. The molecule has 0 bridgehead atoms. The lowest BCUT2D eigenvalue weighted by molar-refractivity contribution is 0.0692. The summed E-state index contributed by atoms with van der Waals surface area (Å²) in [6.45, 7) is 2.68. The average Bonchev–Trinajstić information content (AvgIpc) is 2.41. The quantitative estimate of drug-likeness (QED) is 0.830. The Kier molecular flexibility index (Phi) is 4.67. The van der Waals surface area contributed by atoms with Gasteiger partial charge in [-0.15, -0.1) is 0 Å². The van der Waals surface area contributed by atoms with Crippen molar-refractivity contribution in [3.05, 3.63) is 23.5 Å². The number of rotatable bonds is 4. The molecule has 1 aromatic rings. The Balaban J connectivity index is 2.10. The predicted octanol–water partition coefficient (Wildman–Crippen LogP) is 1.88. The van der Waals surface area contributed by atoms with E-state index in [2.05, 4.69) is 19.0 Å². The summed E-state index contributed by atoms with van der Waals surface area (Å²) >= 11 is 0. The Morgan fingerprint density at radius 3 is 2.57 bits per heavy atom. The Hall–Kier alpha value is -1.82. The van der Waals surface area contributed by atoms with E-state index in [1.54, 1.807) is 0 Å². The minimum Gasteiger partial charge on any atom is -0.478 e. The van der Waals surface area contributed by atoms with Crippen molar-refractivity contribution in [3.8, 4) is 0 Å². The molecular weight excluding hydrogens is 273 g/mol. The Bertz CT molecular complexity index is 526. The number of carboxylic acids is 1. The second kappa shape index (κ2) is 6.30. The fourth-order valence-corrected chi connectivity index (χ4v) is 2.89. The molecule has 0 amide bonds. The number of nitrogen functional groups attached to an aromatic ring is 1. The van der Waals surface area contributed by atoms with Gasteiger partial charge in [0, 0.05) is 25.7 Å². The zero-order valence-corrected chi connectivity index (χ0v) is 12.5. The zero-order chi connectivity index (χ0) is 15.6. The first-order valence-electron chi connectivity index (χ1n) is 7.10. The highest BCUT2D eigenvalue weighted by Crippen LogP contribution is 2.30. The highest BCUT2D eigenvalue weighted by Gasteiger charge is 2.23. The van der Waals surface area contributed by atoms with Gasteiger partial charge in [-0.05, 0) is 38.9 Å². The molecule has 0 aromatic heterocycles. The molecule has 116 valence electrons. The molecule has 1 aromatic carbocycles. The van der Waals surface area contributed by atoms with Crippen molar-refractivity contribution in [3.63, 3.8) is 0 Å². The van der Waals surface area contributed by atoms with E-state index < -0.39 is 11.8 Å². The molecule has 0 radical (unpaired) electrons. The van der Waals surface area contributed by atoms with Gasteiger partial charge in [0.2, 0.25) is 0 Å². The molecule has 1 aliphatic rings. The molecule has 5 nitrogen and oxygen atoms in total. The first kappa shape index (κ1) is 15.6. The van der Waals surface area contributed by atoms with Crippen LogP contribution in [0.2, 0.25) is 0 Å². The Labute approximate surface area is 124 Å². The lowest BCUT2D eigenvalue weighted by Crippen LogP contribution is -2.37. The summed E-state index contributed by atoms with van der Waals surface area (Å²) in [6.07, 6.45) is 2.06. The van der Waals surface area contributed by atoms with Gasteiger partial charge in [0.1, 0.15) is 5.82 Å². The number of carbonyl (C=O) groups is 1. The number of nitrogens with two attached hydrogens (primary N) is 1. The fourth-order valence-electron chi connectivity index (χ4n) is 2.89. The minimum atomic E-state index is -1.30. The third-order valence-electron chi connectivity index (χ3n) is 3.93. The van der Waals surface area contributed by atoms with Crippen LogP contribution in [0.5, 0.6) is 0 Å². The molecule has 1 saturated heterocycles. The summed E-state index contributed by atoms with van der Waals surface area (Å²) in [5.74, 6) is -1.39. The van der Waals surface area contributed by atoms with Crippen LogP contribution >= 0.6 is 0 Å². The minimum absolute atomic E-state index is 0.319. The Morgan fingerprint density at radius 1 is 1.43 bits per heavy atom. The maximum atomic E-state index is 13.8. The second-order valence-corrected chi connectivity index (χ2v) is 5.89. The number of piperidine rings is 1. The van der Waals surface area contributed by atoms with E-state index in [9.17, 15) is 9.18 Å². The molecule has 0 spiro atoms. The van der Waals surface area contributed by atoms with Gasteiger partial charge in [-0.1, -0.05) is 0 Å². The molecule has 0 atom stereocenters. The molecule has 6 heteroatoms.